The van der Waals surface area contributed by atoms with Crippen LogP contribution in [0.3, 0.4) is 0 Å². The van der Waals surface area contributed by atoms with E-state index in [2.05, 4.69) is 13.0 Å². The topological polar surface area (TPSA) is 60.7 Å². The van der Waals surface area contributed by atoms with Gasteiger partial charge in [0.05, 0.1) is 12.1 Å². The lowest BCUT2D eigenvalue weighted by Gasteiger charge is -2.08. The fourth-order valence-electron chi connectivity index (χ4n) is 1.98. The van der Waals surface area contributed by atoms with Crippen molar-refractivity contribution in [3.8, 4) is 12.1 Å². The maximum atomic E-state index is 8.62. The molecule has 0 amide bonds. The molecule has 0 saturated heterocycles. The van der Waals surface area contributed by atoms with Crippen molar-refractivity contribution in [2.24, 2.45) is 0 Å². The molecular weight excluding hydrogens is 224 g/mol. The average Bonchev–Trinajstić information content (AvgIpc) is 2.64. The average molecular weight is 242 g/mol. The molecule has 1 aromatic heterocycles. The summed E-state index contributed by atoms with van der Waals surface area (Å²) in [5, 5.41) is 17.2. The molecule has 1 unspecified atom stereocenters. The third-order valence-corrected chi connectivity index (χ3v) is 3.16. The number of nitrogens with zero attached hydrogens (tertiary/aromatic N) is 2. The Morgan fingerprint density at radius 1 is 1.33 bits per heavy atom. The van der Waals surface area contributed by atoms with Crippen LogP contribution in [0.15, 0.2) is 10.5 Å². The van der Waals surface area contributed by atoms with Gasteiger partial charge >= 0.3 is 0 Å². The standard InChI is InChI=1S/C15H18N2O/c1-11(7-4-5-9-16)15-14(8-6-10-17)12(2)13(3)18-15/h6,8,11H,4-5,7H2,1-3H3/b8-6+. The lowest BCUT2D eigenvalue weighted by Crippen LogP contribution is -1.94. The van der Waals surface area contributed by atoms with E-state index in [1.165, 1.54) is 6.08 Å². The number of nitriles is 2. The summed E-state index contributed by atoms with van der Waals surface area (Å²) in [6, 6.07) is 4.16. The highest BCUT2D eigenvalue weighted by atomic mass is 16.3. The van der Waals surface area contributed by atoms with Gasteiger partial charge in [0.1, 0.15) is 11.5 Å². The van der Waals surface area contributed by atoms with Crippen molar-refractivity contribution in [2.45, 2.75) is 46.0 Å². The molecule has 1 aromatic rings. The van der Waals surface area contributed by atoms with Crippen LogP contribution in [0.2, 0.25) is 0 Å². The van der Waals surface area contributed by atoms with Gasteiger partial charge in [0, 0.05) is 24.0 Å². The minimum absolute atomic E-state index is 0.268. The number of hydrogen-bond donors (Lipinski definition) is 0. The Kier molecular flexibility index (Phi) is 5.21. The van der Waals surface area contributed by atoms with Crippen molar-refractivity contribution >= 4 is 6.08 Å². The van der Waals surface area contributed by atoms with Crippen molar-refractivity contribution in [3.05, 3.63) is 28.7 Å². The van der Waals surface area contributed by atoms with E-state index in [4.69, 9.17) is 14.9 Å². The summed E-state index contributed by atoms with van der Waals surface area (Å²) in [5.41, 5.74) is 2.10. The molecule has 0 aliphatic carbocycles. The monoisotopic (exact) mass is 242 g/mol. The predicted octanol–water partition coefficient (Wildman–Crippen LogP) is 4.23. The maximum absolute atomic E-state index is 8.62. The first-order chi connectivity index (χ1) is 8.61. The molecule has 0 radical (unpaired) electrons. The third-order valence-electron chi connectivity index (χ3n) is 3.16. The quantitative estimate of drug-likeness (QED) is 0.573. The molecule has 1 atom stereocenters. The lowest BCUT2D eigenvalue weighted by molar-refractivity contribution is 0.437. The molecule has 1 rings (SSSR count). The largest absolute Gasteiger partial charge is 0.465 e. The van der Waals surface area contributed by atoms with E-state index in [0.717, 1.165) is 35.5 Å². The molecule has 1 heterocycles. The molecule has 94 valence electrons. The molecule has 0 N–H and O–H groups in total. The highest BCUT2D eigenvalue weighted by Crippen LogP contribution is 2.31. The van der Waals surface area contributed by atoms with Gasteiger partial charge in [-0.2, -0.15) is 10.5 Å². The molecule has 18 heavy (non-hydrogen) atoms. The smallest absolute Gasteiger partial charge is 0.114 e. The second-order valence-electron chi connectivity index (χ2n) is 4.47. The van der Waals surface area contributed by atoms with Crippen LogP contribution in [0, 0.1) is 36.5 Å². The molecule has 3 nitrogen and oxygen atoms in total. The zero-order chi connectivity index (χ0) is 13.5. The Labute approximate surface area is 108 Å². The van der Waals surface area contributed by atoms with Gasteiger partial charge in [0.25, 0.3) is 0 Å². The number of allylic oxidation sites excluding steroid dienone is 1. The summed E-state index contributed by atoms with van der Waals surface area (Å²) in [6.07, 6.45) is 5.66. The molecule has 0 fully saturated rings. The Morgan fingerprint density at radius 3 is 2.67 bits per heavy atom. The normalized spacial score (nSPS) is 12.3. The van der Waals surface area contributed by atoms with Gasteiger partial charge in [0.15, 0.2) is 0 Å². The highest BCUT2D eigenvalue weighted by Gasteiger charge is 2.17. The molecule has 0 aliphatic heterocycles. The molecule has 3 heteroatoms. The first-order valence-corrected chi connectivity index (χ1v) is 6.14. The summed E-state index contributed by atoms with van der Waals surface area (Å²) < 4.78 is 5.79. The predicted molar refractivity (Wildman–Crippen MR) is 70.7 cm³/mol. The van der Waals surface area contributed by atoms with Crippen molar-refractivity contribution < 1.29 is 4.42 Å². The van der Waals surface area contributed by atoms with Crippen LogP contribution >= 0.6 is 0 Å². The van der Waals surface area contributed by atoms with Crippen LogP contribution < -0.4 is 0 Å². The molecule has 0 aliphatic rings. The van der Waals surface area contributed by atoms with Crippen molar-refractivity contribution in [1.82, 2.24) is 0 Å². The van der Waals surface area contributed by atoms with E-state index < -0.39 is 0 Å². The first kappa shape index (κ1) is 14.1. The second-order valence-corrected chi connectivity index (χ2v) is 4.47. The maximum Gasteiger partial charge on any atom is 0.114 e. The summed E-state index contributed by atoms with van der Waals surface area (Å²) in [6.45, 7) is 6.03. The summed E-state index contributed by atoms with van der Waals surface area (Å²) in [4.78, 5) is 0. The van der Waals surface area contributed by atoms with E-state index in [0.29, 0.717) is 6.42 Å². The Balaban J connectivity index is 2.94. The van der Waals surface area contributed by atoms with E-state index >= 15 is 0 Å². The van der Waals surface area contributed by atoms with Crippen LogP contribution in [-0.2, 0) is 0 Å². The van der Waals surface area contributed by atoms with E-state index in [9.17, 15) is 0 Å². The number of hydrogen-bond acceptors (Lipinski definition) is 3. The fraction of sp³-hybridized carbons (Fsp3) is 0.467. The van der Waals surface area contributed by atoms with E-state index in [1.54, 1.807) is 0 Å². The number of unbranched alkanes of at least 4 members (excludes halogenated alkanes) is 1. The minimum atomic E-state index is 0.268. The van der Waals surface area contributed by atoms with Gasteiger partial charge in [0.2, 0.25) is 0 Å². The molecular formula is C15H18N2O. The molecule has 0 saturated carbocycles. The van der Waals surface area contributed by atoms with Crippen LogP contribution in [-0.4, -0.2) is 0 Å². The van der Waals surface area contributed by atoms with Gasteiger partial charge in [-0.1, -0.05) is 6.92 Å². The summed E-state index contributed by atoms with van der Waals surface area (Å²) in [5.74, 6) is 2.09. The number of aryl methyl sites for hydroxylation is 1. The van der Waals surface area contributed by atoms with Crippen LogP contribution in [0.25, 0.3) is 6.08 Å². The Hall–Kier alpha value is -2.00. The van der Waals surface area contributed by atoms with Crippen LogP contribution in [0.4, 0.5) is 0 Å². The molecule has 0 spiro atoms. The van der Waals surface area contributed by atoms with Crippen LogP contribution in [0.1, 0.15) is 54.8 Å². The number of furan rings is 1. The zero-order valence-corrected chi connectivity index (χ0v) is 11.2. The zero-order valence-electron chi connectivity index (χ0n) is 11.2. The van der Waals surface area contributed by atoms with Crippen molar-refractivity contribution in [2.75, 3.05) is 0 Å². The molecule has 0 bridgehead atoms. The Bertz CT molecular complexity index is 512. The van der Waals surface area contributed by atoms with Crippen molar-refractivity contribution in [1.29, 1.82) is 10.5 Å². The van der Waals surface area contributed by atoms with Gasteiger partial charge in [-0.05, 0) is 38.3 Å². The second kappa shape index (κ2) is 6.67. The molecule has 0 aromatic carbocycles. The minimum Gasteiger partial charge on any atom is -0.465 e. The first-order valence-electron chi connectivity index (χ1n) is 6.14. The summed E-state index contributed by atoms with van der Waals surface area (Å²) in [7, 11) is 0. The lowest BCUT2D eigenvalue weighted by atomic mass is 9.96. The van der Waals surface area contributed by atoms with Gasteiger partial charge in [-0.15, -0.1) is 0 Å². The fourth-order valence-corrected chi connectivity index (χ4v) is 1.98. The summed E-state index contributed by atoms with van der Waals surface area (Å²) >= 11 is 0. The Morgan fingerprint density at radius 2 is 2.06 bits per heavy atom. The van der Waals surface area contributed by atoms with E-state index in [1.807, 2.05) is 26.0 Å². The van der Waals surface area contributed by atoms with Crippen LogP contribution in [0.5, 0.6) is 0 Å². The van der Waals surface area contributed by atoms with E-state index in [-0.39, 0.29) is 5.92 Å². The SMILES string of the molecule is Cc1oc(C(C)CCCC#N)c(/C=C/C#N)c1C. The highest BCUT2D eigenvalue weighted by molar-refractivity contribution is 5.59. The third kappa shape index (κ3) is 3.25. The number of rotatable bonds is 5. The van der Waals surface area contributed by atoms with Gasteiger partial charge < -0.3 is 4.42 Å². The van der Waals surface area contributed by atoms with Gasteiger partial charge in [-0.25, -0.2) is 0 Å². The van der Waals surface area contributed by atoms with Gasteiger partial charge in [-0.3, -0.25) is 0 Å². The van der Waals surface area contributed by atoms with Crippen molar-refractivity contribution in [3.63, 3.8) is 0 Å².